The first-order chi connectivity index (χ1) is 12.0. The van der Waals surface area contributed by atoms with Gasteiger partial charge in [0, 0.05) is 32.1 Å². The van der Waals surface area contributed by atoms with Crippen LogP contribution in [-0.2, 0) is 11.2 Å². The number of likely N-dealkylation sites (tertiary alicyclic amines) is 1. The first-order valence-electron chi connectivity index (χ1n) is 8.81. The van der Waals surface area contributed by atoms with E-state index in [1.165, 1.54) is 16.3 Å². The molecule has 0 aliphatic carbocycles. The molecule has 2 aromatic carbocycles. The number of hydrogen-bond donors (Lipinski definition) is 2. The highest BCUT2D eigenvalue weighted by atomic mass is 16.2. The maximum absolute atomic E-state index is 12.2. The second-order valence-electron chi connectivity index (χ2n) is 6.86. The smallest absolute Gasteiger partial charge is 0.315 e. The lowest BCUT2D eigenvalue weighted by molar-refractivity contribution is -0.127. The lowest BCUT2D eigenvalue weighted by atomic mass is 10.0. The first kappa shape index (κ1) is 17.3. The van der Waals surface area contributed by atoms with Gasteiger partial charge in [0.2, 0.25) is 5.91 Å². The van der Waals surface area contributed by atoms with Crippen molar-refractivity contribution < 1.29 is 9.59 Å². The van der Waals surface area contributed by atoms with E-state index < -0.39 is 0 Å². The number of rotatable bonds is 4. The Bertz CT molecular complexity index is 774. The van der Waals surface area contributed by atoms with Crippen LogP contribution in [0.25, 0.3) is 10.8 Å². The molecule has 0 saturated carbocycles. The number of nitrogens with zero attached hydrogens (tertiary/aromatic N) is 1. The Morgan fingerprint density at radius 3 is 2.68 bits per heavy atom. The van der Waals surface area contributed by atoms with E-state index in [4.69, 9.17) is 0 Å². The van der Waals surface area contributed by atoms with Gasteiger partial charge < -0.3 is 15.5 Å². The molecule has 2 atom stereocenters. The van der Waals surface area contributed by atoms with Gasteiger partial charge >= 0.3 is 6.03 Å². The molecule has 2 N–H and O–H groups in total. The van der Waals surface area contributed by atoms with Crippen molar-refractivity contribution in [1.82, 2.24) is 15.5 Å². The summed E-state index contributed by atoms with van der Waals surface area (Å²) in [7, 11) is 0. The van der Waals surface area contributed by atoms with Crippen LogP contribution in [0.3, 0.4) is 0 Å². The van der Waals surface area contributed by atoms with Crippen molar-refractivity contribution in [1.29, 1.82) is 0 Å². The van der Waals surface area contributed by atoms with Gasteiger partial charge in [-0.25, -0.2) is 4.79 Å². The molecule has 1 fully saturated rings. The van der Waals surface area contributed by atoms with Gasteiger partial charge in [0.25, 0.3) is 0 Å². The minimum Gasteiger partial charge on any atom is -0.341 e. The Morgan fingerprint density at radius 2 is 1.96 bits per heavy atom. The van der Waals surface area contributed by atoms with Crippen LogP contribution in [0.1, 0.15) is 25.8 Å². The molecule has 132 valence electrons. The summed E-state index contributed by atoms with van der Waals surface area (Å²) in [6.07, 6.45) is 1.59. The lowest BCUT2D eigenvalue weighted by Crippen LogP contribution is -2.47. The average Bonchev–Trinajstić information content (AvgIpc) is 3.03. The van der Waals surface area contributed by atoms with Crippen molar-refractivity contribution in [2.45, 2.75) is 38.8 Å². The van der Waals surface area contributed by atoms with E-state index in [1.54, 1.807) is 11.8 Å². The largest absolute Gasteiger partial charge is 0.341 e. The third-order valence-electron chi connectivity index (χ3n) is 4.70. The van der Waals surface area contributed by atoms with Crippen molar-refractivity contribution in [3.63, 3.8) is 0 Å². The summed E-state index contributed by atoms with van der Waals surface area (Å²) in [6, 6.07) is 14.6. The van der Waals surface area contributed by atoms with Crippen LogP contribution in [0.2, 0.25) is 0 Å². The van der Waals surface area contributed by atoms with Gasteiger partial charge in [-0.15, -0.1) is 0 Å². The van der Waals surface area contributed by atoms with Crippen molar-refractivity contribution in [3.05, 3.63) is 48.0 Å². The minimum absolute atomic E-state index is 0.0338. The Morgan fingerprint density at radius 1 is 1.20 bits per heavy atom. The fourth-order valence-electron chi connectivity index (χ4n) is 3.39. The highest BCUT2D eigenvalue weighted by Gasteiger charge is 2.25. The van der Waals surface area contributed by atoms with E-state index in [-0.39, 0.29) is 24.0 Å². The number of amides is 3. The molecule has 0 bridgehead atoms. The highest BCUT2D eigenvalue weighted by molar-refractivity contribution is 5.83. The SMILES string of the molecule is CC(=O)N1CC[C@@H](NC(=O)N[C@@H](C)Cc2ccc3ccccc3c2)C1. The van der Waals surface area contributed by atoms with E-state index in [2.05, 4.69) is 41.0 Å². The van der Waals surface area contributed by atoms with Gasteiger partial charge in [0.15, 0.2) is 0 Å². The van der Waals surface area contributed by atoms with Crippen LogP contribution in [-0.4, -0.2) is 42.0 Å². The molecule has 1 heterocycles. The molecule has 0 spiro atoms. The topological polar surface area (TPSA) is 61.4 Å². The van der Waals surface area contributed by atoms with Crippen molar-refractivity contribution in [2.24, 2.45) is 0 Å². The standard InChI is InChI=1S/C20H25N3O2/c1-14(11-16-7-8-17-5-3-4-6-18(17)12-16)21-20(25)22-19-9-10-23(13-19)15(2)24/h3-8,12,14,19H,9-11,13H2,1-2H3,(H2,21,22,25)/t14-,19+/m0/s1. The zero-order valence-electron chi connectivity index (χ0n) is 14.8. The molecule has 0 aromatic heterocycles. The number of fused-ring (bicyclic) bond motifs is 1. The highest BCUT2D eigenvalue weighted by Crippen LogP contribution is 2.16. The Hall–Kier alpha value is -2.56. The molecular formula is C20H25N3O2. The normalized spacial score (nSPS) is 18.2. The minimum atomic E-state index is -0.163. The van der Waals surface area contributed by atoms with E-state index in [0.29, 0.717) is 13.1 Å². The predicted octanol–water partition coefficient (Wildman–Crippen LogP) is 2.69. The zero-order chi connectivity index (χ0) is 17.8. The summed E-state index contributed by atoms with van der Waals surface area (Å²) in [4.78, 5) is 25.3. The number of benzene rings is 2. The van der Waals surface area contributed by atoms with E-state index in [9.17, 15) is 9.59 Å². The van der Waals surface area contributed by atoms with Gasteiger partial charge in [0.05, 0.1) is 0 Å². The Balaban J connectivity index is 1.50. The summed E-state index contributed by atoms with van der Waals surface area (Å²) in [5.74, 6) is 0.0642. The zero-order valence-corrected chi connectivity index (χ0v) is 14.8. The average molecular weight is 339 g/mol. The summed E-state index contributed by atoms with van der Waals surface area (Å²) in [6.45, 7) is 4.88. The predicted molar refractivity (Wildman–Crippen MR) is 99.4 cm³/mol. The second-order valence-corrected chi connectivity index (χ2v) is 6.86. The Labute approximate surface area is 148 Å². The van der Waals surface area contributed by atoms with E-state index in [0.717, 1.165) is 12.8 Å². The molecule has 5 heteroatoms. The lowest BCUT2D eigenvalue weighted by Gasteiger charge is -2.18. The number of carbonyl (C=O) groups is 2. The molecule has 25 heavy (non-hydrogen) atoms. The maximum atomic E-state index is 12.2. The van der Waals surface area contributed by atoms with Crippen LogP contribution in [0.5, 0.6) is 0 Å². The van der Waals surface area contributed by atoms with E-state index >= 15 is 0 Å². The molecule has 0 unspecified atom stereocenters. The number of carbonyl (C=O) groups excluding carboxylic acids is 2. The molecule has 2 aromatic rings. The Kier molecular flexibility index (Phi) is 5.22. The molecule has 1 saturated heterocycles. The van der Waals surface area contributed by atoms with Crippen LogP contribution < -0.4 is 10.6 Å². The molecule has 0 radical (unpaired) electrons. The quantitative estimate of drug-likeness (QED) is 0.900. The summed E-state index contributed by atoms with van der Waals surface area (Å²) in [5.41, 5.74) is 1.20. The fourth-order valence-corrected chi connectivity index (χ4v) is 3.39. The second kappa shape index (κ2) is 7.55. The van der Waals surface area contributed by atoms with Gasteiger partial charge in [-0.1, -0.05) is 42.5 Å². The van der Waals surface area contributed by atoms with Gasteiger partial charge in [-0.05, 0) is 36.1 Å². The van der Waals surface area contributed by atoms with Crippen LogP contribution in [0.15, 0.2) is 42.5 Å². The van der Waals surface area contributed by atoms with Crippen molar-refractivity contribution in [3.8, 4) is 0 Å². The maximum Gasteiger partial charge on any atom is 0.315 e. The van der Waals surface area contributed by atoms with Crippen LogP contribution in [0, 0.1) is 0 Å². The number of hydrogen-bond acceptors (Lipinski definition) is 2. The summed E-state index contributed by atoms with van der Waals surface area (Å²) >= 11 is 0. The number of nitrogens with one attached hydrogen (secondary N) is 2. The number of urea groups is 1. The molecule has 1 aliphatic heterocycles. The fraction of sp³-hybridized carbons (Fsp3) is 0.400. The molecule has 5 nitrogen and oxygen atoms in total. The molecule has 3 amide bonds. The third kappa shape index (κ3) is 4.50. The monoisotopic (exact) mass is 339 g/mol. The molecular weight excluding hydrogens is 314 g/mol. The van der Waals surface area contributed by atoms with Crippen molar-refractivity contribution >= 4 is 22.7 Å². The van der Waals surface area contributed by atoms with Crippen LogP contribution >= 0.6 is 0 Å². The molecule has 1 aliphatic rings. The van der Waals surface area contributed by atoms with Gasteiger partial charge in [-0.2, -0.15) is 0 Å². The van der Waals surface area contributed by atoms with Crippen molar-refractivity contribution in [2.75, 3.05) is 13.1 Å². The third-order valence-corrected chi connectivity index (χ3v) is 4.70. The van der Waals surface area contributed by atoms with Crippen LogP contribution in [0.4, 0.5) is 4.79 Å². The van der Waals surface area contributed by atoms with Gasteiger partial charge in [0.1, 0.15) is 0 Å². The molecule has 3 rings (SSSR count). The van der Waals surface area contributed by atoms with E-state index in [1.807, 2.05) is 19.1 Å². The van der Waals surface area contributed by atoms with Gasteiger partial charge in [-0.3, -0.25) is 4.79 Å². The summed E-state index contributed by atoms with van der Waals surface area (Å²) in [5, 5.41) is 8.40. The first-order valence-corrected chi connectivity index (χ1v) is 8.81. The summed E-state index contributed by atoms with van der Waals surface area (Å²) < 4.78 is 0.